The predicted octanol–water partition coefficient (Wildman–Crippen LogP) is 5.86. The molecule has 1 heterocycles. The molecular formula is C24H38ClFN2O5SSi. The molecule has 1 aliphatic heterocycles. The molecule has 0 saturated carbocycles. The van der Waals surface area contributed by atoms with Crippen molar-refractivity contribution < 1.29 is 27.1 Å². The highest BCUT2D eigenvalue weighted by Crippen LogP contribution is 2.37. The Morgan fingerprint density at radius 3 is 2.51 bits per heavy atom. The summed E-state index contributed by atoms with van der Waals surface area (Å²) in [6.45, 7) is 16.2. The van der Waals surface area contributed by atoms with Gasteiger partial charge in [-0.05, 0) is 50.2 Å². The number of hydrogen-bond donors (Lipinski definition) is 1. The summed E-state index contributed by atoms with van der Waals surface area (Å²) >= 11 is 6.37. The highest BCUT2D eigenvalue weighted by molar-refractivity contribution is 7.61. The first-order valence-corrected chi connectivity index (χ1v) is 15.9. The quantitative estimate of drug-likeness (QED) is 0.232. The van der Waals surface area contributed by atoms with Crippen LogP contribution in [0.25, 0.3) is 0 Å². The lowest BCUT2D eigenvalue weighted by Crippen LogP contribution is -2.46. The van der Waals surface area contributed by atoms with Crippen molar-refractivity contribution in [3.8, 4) is 0 Å². The maximum Gasteiger partial charge on any atom is 0.331 e. The van der Waals surface area contributed by atoms with Gasteiger partial charge in [0, 0.05) is 30.2 Å². The largest absolute Gasteiger partial charge is 0.478 e. The van der Waals surface area contributed by atoms with Crippen LogP contribution in [0.5, 0.6) is 0 Å². The SMILES string of the molecule is CC1=CC=CC(Cl)N1C(C)CO[Si](C)(C)C(C)(C)C.O=C(O)C1=CC=CC(F)(CCN=S(=O)=O)C1. The molecule has 0 radical (unpaired) electrons. The van der Waals surface area contributed by atoms with Gasteiger partial charge in [-0.1, -0.05) is 50.6 Å². The van der Waals surface area contributed by atoms with Crippen LogP contribution in [-0.4, -0.2) is 63.1 Å². The van der Waals surface area contributed by atoms with Crippen LogP contribution in [0.4, 0.5) is 4.39 Å². The molecule has 1 aliphatic carbocycles. The molecular weight excluding hydrogens is 511 g/mol. The van der Waals surface area contributed by atoms with Crippen LogP contribution in [0.3, 0.4) is 0 Å². The Bertz CT molecular complexity index is 1010. The van der Waals surface area contributed by atoms with Gasteiger partial charge in [0.05, 0.1) is 13.2 Å². The number of alkyl halides is 2. The van der Waals surface area contributed by atoms with Crippen molar-refractivity contribution in [2.75, 3.05) is 13.2 Å². The molecule has 0 saturated heterocycles. The normalized spacial score (nSPS) is 23.0. The van der Waals surface area contributed by atoms with E-state index in [4.69, 9.17) is 21.1 Å². The van der Waals surface area contributed by atoms with Crippen LogP contribution in [0.15, 0.2) is 52.1 Å². The summed E-state index contributed by atoms with van der Waals surface area (Å²) in [6, 6.07) is 0.290. The lowest BCUT2D eigenvalue weighted by molar-refractivity contribution is -0.133. The molecule has 0 aromatic heterocycles. The van der Waals surface area contributed by atoms with Crippen molar-refractivity contribution >= 4 is 36.4 Å². The van der Waals surface area contributed by atoms with E-state index in [1.165, 1.54) is 23.9 Å². The minimum absolute atomic E-state index is 0.0340. The summed E-state index contributed by atoms with van der Waals surface area (Å²) in [5, 5.41) is 8.94. The fourth-order valence-corrected chi connectivity index (χ4v) is 5.03. The molecule has 0 spiro atoms. The van der Waals surface area contributed by atoms with E-state index in [-0.39, 0.29) is 41.5 Å². The number of carbonyl (C=O) groups is 1. The third-order valence-corrected chi connectivity index (χ3v) is 11.7. The summed E-state index contributed by atoms with van der Waals surface area (Å²) in [5.74, 6) is -1.17. The molecule has 198 valence electrons. The highest BCUT2D eigenvalue weighted by Gasteiger charge is 2.38. The lowest BCUT2D eigenvalue weighted by atomic mass is 9.89. The molecule has 7 nitrogen and oxygen atoms in total. The Hall–Kier alpha value is -1.75. The first-order valence-electron chi connectivity index (χ1n) is 11.5. The van der Waals surface area contributed by atoms with E-state index in [2.05, 4.69) is 63.1 Å². The minimum Gasteiger partial charge on any atom is -0.478 e. The third kappa shape index (κ3) is 10.0. The summed E-state index contributed by atoms with van der Waals surface area (Å²) in [4.78, 5) is 12.9. The second-order valence-corrected chi connectivity index (χ2v) is 16.2. The summed E-state index contributed by atoms with van der Waals surface area (Å²) in [7, 11) is -4.23. The summed E-state index contributed by atoms with van der Waals surface area (Å²) in [5.41, 5.74) is -0.726. The molecule has 3 unspecified atom stereocenters. The third-order valence-electron chi connectivity index (χ3n) is 6.42. The van der Waals surface area contributed by atoms with Crippen molar-refractivity contribution in [3.63, 3.8) is 0 Å². The Morgan fingerprint density at radius 1 is 1.37 bits per heavy atom. The van der Waals surface area contributed by atoms with Gasteiger partial charge >= 0.3 is 16.5 Å². The Kier molecular flexibility index (Phi) is 11.6. The number of aliphatic carboxylic acids is 1. The number of nitrogens with zero attached hydrogens (tertiary/aromatic N) is 2. The van der Waals surface area contributed by atoms with Gasteiger partial charge in [-0.2, -0.15) is 12.8 Å². The molecule has 11 heteroatoms. The van der Waals surface area contributed by atoms with Gasteiger partial charge in [0.2, 0.25) is 0 Å². The maximum absolute atomic E-state index is 14.0. The molecule has 1 N–H and O–H groups in total. The van der Waals surface area contributed by atoms with Crippen LogP contribution >= 0.6 is 11.6 Å². The summed E-state index contributed by atoms with van der Waals surface area (Å²) < 4.78 is 43.6. The smallest absolute Gasteiger partial charge is 0.331 e. The minimum atomic E-state index is -2.55. The van der Waals surface area contributed by atoms with E-state index in [9.17, 15) is 17.6 Å². The van der Waals surface area contributed by atoms with Gasteiger partial charge in [-0.25, -0.2) is 9.18 Å². The first-order chi connectivity index (χ1) is 16.0. The maximum atomic E-state index is 14.0. The van der Waals surface area contributed by atoms with E-state index in [0.29, 0.717) is 0 Å². The van der Waals surface area contributed by atoms with Gasteiger partial charge < -0.3 is 14.4 Å². The van der Waals surface area contributed by atoms with Crippen molar-refractivity contribution in [3.05, 3.63) is 47.7 Å². The molecule has 2 aliphatic rings. The molecule has 35 heavy (non-hydrogen) atoms. The van der Waals surface area contributed by atoms with Crippen molar-refractivity contribution in [1.29, 1.82) is 0 Å². The van der Waals surface area contributed by atoms with Crippen LogP contribution in [-0.2, 0) is 19.7 Å². The molecule has 0 amide bonds. The average Bonchev–Trinajstić information content (AvgIpc) is 2.71. The van der Waals surface area contributed by atoms with E-state index in [1.807, 2.05) is 12.2 Å². The molecule has 0 aromatic carbocycles. The molecule has 0 aromatic rings. The average molecular weight is 549 g/mol. The Labute approximate surface area is 216 Å². The van der Waals surface area contributed by atoms with Crippen molar-refractivity contribution in [2.24, 2.45) is 4.36 Å². The fraction of sp³-hybridized carbons (Fsp3) is 0.625. The van der Waals surface area contributed by atoms with Crippen LogP contribution < -0.4 is 0 Å². The van der Waals surface area contributed by atoms with E-state index in [0.717, 1.165) is 6.61 Å². The Balaban J connectivity index is 0.000000355. The monoisotopic (exact) mass is 548 g/mol. The highest BCUT2D eigenvalue weighted by atomic mass is 35.5. The molecule has 0 bridgehead atoms. The standard InChI is InChI=1S/C15H28ClNOSi.C9H10FNO4S/c1-12-9-8-10-14(16)17(12)13(2)11-18-19(6,7)15(3,4)5;10-9(4-5-11-16(14)15)3-1-2-7(6-9)8(12)13/h8-10,13-14H,11H2,1-7H3;1-3H,4-6H2,(H,12,13). The number of halogens is 2. The molecule has 0 fully saturated rings. The summed E-state index contributed by atoms with van der Waals surface area (Å²) in [6.07, 6.45) is 9.58. The zero-order valence-electron chi connectivity index (χ0n) is 21.6. The Morgan fingerprint density at radius 2 is 2.00 bits per heavy atom. The number of allylic oxidation sites excluding steroid dienone is 6. The van der Waals surface area contributed by atoms with Gasteiger partial charge in [-0.3, -0.25) is 0 Å². The van der Waals surface area contributed by atoms with Crippen LogP contribution in [0, 0.1) is 0 Å². The van der Waals surface area contributed by atoms with Crippen LogP contribution in [0.1, 0.15) is 47.5 Å². The predicted molar refractivity (Wildman–Crippen MR) is 141 cm³/mol. The number of carboxylic acid groups (broad SMARTS) is 1. The van der Waals surface area contributed by atoms with Gasteiger partial charge in [0.15, 0.2) is 8.32 Å². The van der Waals surface area contributed by atoms with E-state index < -0.39 is 30.5 Å². The zero-order chi connectivity index (χ0) is 27.0. The van der Waals surface area contributed by atoms with Crippen molar-refractivity contribution in [2.45, 2.75) is 82.8 Å². The van der Waals surface area contributed by atoms with Gasteiger partial charge in [-0.15, -0.1) is 0 Å². The number of carboxylic acids is 1. The zero-order valence-corrected chi connectivity index (χ0v) is 24.2. The lowest BCUT2D eigenvalue weighted by Gasteiger charge is -2.40. The number of rotatable bonds is 8. The second kappa shape index (κ2) is 13.0. The second-order valence-electron chi connectivity index (χ2n) is 10.3. The van der Waals surface area contributed by atoms with Gasteiger partial charge in [0.1, 0.15) is 11.2 Å². The van der Waals surface area contributed by atoms with E-state index >= 15 is 0 Å². The number of hydrogen-bond acceptors (Lipinski definition) is 6. The van der Waals surface area contributed by atoms with Crippen LogP contribution in [0.2, 0.25) is 18.1 Å². The van der Waals surface area contributed by atoms with Gasteiger partial charge in [0.25, 0.3) is 0 Å². The van der Waals surface area contributed by atoms with Crippen molar-refractivity contribution in [1.82, 2.24) is 4.90 Å². The molecule has 2 rings (SSSR count). The van der Waals surface area contributed by atoms with E-state index in [1.54, 1.807) is 0 Å². The topological polar surface area (TPSA) is 96.3 Å². The first kappa shape index (κ1) is 31.3. The molecule has 3 atom stereocenters. The fourth-order valence-electron chi connectivity index (χ4n) is 3.27.